The van der Waals surface area contributed by atoms with Gasteiger partial charge in [-0.2, -0.15) is 0 Å². The summed E-state index contributed by atoms with van der Waals surface area (Å²) in [5, 5.41) is 3.80. The number of nitrogens with one attached hydrogen (secondary N) is 1. The third-order valence-electron chi connectivity index (χ3n) is 4.53. The monoisotopic (exact) mass is 239 g/mol. The van der Waals surface area contributed by atoms with Gasteiger partial charge < -0.3 is 10.1 Å². The molecule has 2 fully saturated rings. The molecule has 1 aliphatic heterocycles. The predicted octanol–water partition coefficient (Wildman–Crippen LogP) is 3.36. The zero-order valence-electron chi connectivity index (χ0n) is 11.4. The largest absolute Gasteiger partial charge is 0.381 e. The summed E-state index contributed by atoms with van der Waals surface area (Å²) in [7, 11) is 0. The first-order valence-corrected chi connectivity index (χ1v) is 7.73. The first kappa shape index (κ1) is 13.4. The Morgan fingerprint density at radius 1 is 1.06 bits per heavy atom. The van der Waals surface area contributed by atoms with E-state index in [1.807, 2.05) is 0 Å². The Kier molecular flexibility index (Phi) is 5.79. The van der Waals surface area contributed by atoms with Crippen LogP contribution in [0.2, 0.25) is 0 Å². The van der Waals surface area contributed by atoms with E-state index in [1.54, 1.807) is 0 Å². The van der Waals surface area contributed by atoms with Gasteiger partial charge in [0.15, 0.2) is 0 Å². The SMILES string of the molecule is CCCNC1CCCCCC1C1CCCOC1. The van der Waals surface area contributed by atoms with Crippen LogP contribution in [0.5, 0.6) is 0 Å². The van der Waals surface area contributed by atoms with E-state index < -0.39 is 0 Å². The summed E-state index contributed by atoms with van der Waals surface area (Å²) in [5.74, 6) is 1.71. The van der Waals surface area contributed by atoms with Gasteiger partial charge in [-0.15, -0.1) is 0 Å². The highest BCUT2D eigenvalue weighted by Crippen LogP contribution is 2.33. The van der Waals surface area contributed by atoms with Crippen molar-refractivity contribution in [2.45, 2.75) is 64.3 Å². The Balaban J connectivity index is 1.92. The maximum Gasteiger partial charge on any atom is 0.0497 e. The minimum Gasteiger partial charge on any atom is -0.381 e. The Bertz CT molecular complexity index is 201. The summed E-state index contributed by atoms with van der Waals surface area (Å²) in [6.07, 6.45) is 11.0. The van der Waals surface area contributed by atoms with Gasteiger partial charge in [0, 0.05) is 19.3 Å². The lowest BCUT2D eigenvalue weighted by molar-refractivity contribution is 0.0200. The predicted molar refractivity (Wildman–Crippen MR) is 72.2 cm³/mol. The standard InChI is InChI=1S/C15H29NO/c1-2-10-16-15-9-5-3-4-8-14(15)13-7-6-11-17-12-13/h13-16H,2-12H2,1H3. The average molecular weight is 239 g/mol. The molecule has 3 atom stereocenters. The summed E-state index contributed by atoms with van der Waals surface area (Å²) < 4.78 is 5.70. The smallest absolute Gasteiger partial charge is 0.0497 e. The molecule has 1 heterocycles. The molecular weight excluding hydrogens is 210 g/mol. The summed E-state index contributed by atoms with van der Waals surface area (Å²) in [6.45, 7) is 5.47. The molecule has 1 N–H and O–H groups in total. The van der Waals surface area contributed by atoms with Crippen LogP contribution in [0.4, 0.5) is 0 Å². The topological polar surface area (TPSA) is 21.3 Å². The van der Waals surface area contributed by atoms with E-state index in [4.69, 9.17) is 4.74 Å². The zero-order chi connectivity index (χ0) is 11.9. The molecule has 0 spiro atoms. The van der Waals surface area contributed by atoms with E-state index in [9.17, 15) is 0 Å². The summed E-state index contributed by atoms with van der Waals surface area (Å²) in [6, 6.07) is 0.768. The highest BCUT2D eigenvalue weighted by molar-refractivity contribution is 4.85. The molecule has 3 unspecified atom stereocenters. The Morgan fingerprint density at radius 3 is 2.71 bits per heavy atom. The third-order valence-corrected chi connectivity index (χ3v) is 4.53. The maximum absolute atomic E-state index is 5.70. The second-order valence-corrected chi connectivity index (χ2v) is 5.84. The van der Waals surface area contributed by atoms with Crippen molar-refractivity contribution in [3.8, 4) is 0 Å². The Morgan fingerprint density at radius 2 is 1.94 bits per heavy atom. The van der Waals surface area contributed by atoms with Crippen LogP contribution in [0.1, 0.15) is 58.3 Å². The van der Waals surface area contributed by atoms with Crippen molar-refractivity contribution in [1.29, 1.82) is 0 Å². The van der Waals surface area contributed by atoms with E-state index in [0.29, 0.717) is 0 Å². The van der Waals surface area contributed by atoms with Gasteiger partial charge in [0.25, 0.3) is 0 Å². The number of rotatable bonds is 4. The van der Waals surface area contributed by atoms with Gasteiger partial charge in [0.2, 0.25) is 0 Å². The lowest BCUT2D eigenvalue weighted by Crippen LogP contribution is -2.41. The summed E-state index contributed by atoms with van der Waals surface area (Å²) >= 11 is 0. The van der Waals surface area contributed by atoms with Crippen LogP contribution < -0.4 is 5.32 Å². The fraction of sp³-hybridized carbons (Fsp3) is 1.00. The number of ether oxygens (including phenoxy) is 1. The quantitative estimate of drug-likeness (QED) is 0.760. The molecular formula is C15H29NO. The number of hydrogen-bond acceptors (Lipinski definition) is 2. The van der Waals surface area contributed by atoms with Crippen LogP contribution in [-0.4, -0.2) is 25.8 Å². The molecule has 0 radical (unpaired) electrons. The minimum absolute atomic E-state index is 0.768. The molecule has 0 aromatic carbocycles. The van der Waals surface area contributed by atoms with E-state index in [1.165, 1.54) is 57.9 Å². The summed E-state index contributed by atoms with van der Waals surface area (Å²) in [5.41, 5.74) is 0. The van der Waals surface area contributed by atoms with Crippen molar-refractivity contribution in [1.82, 2.24) is 5.32 Å². The molecule has 2 aliphatic rings. The number of hydrogen-bond donors (Lipinski definition) is 1. The van der Waals surface area contributed by atoms with Gasteiger partial charge in [-0.1, -0.05) is 26.2 Å². The second-order valence-electron chi connectivity index (χ2n) is 5.84. The molecule has 0 aromatic heterocycles. The van der Waals surface area contributed by atoms with Crippen LogP contribution >= 0.6 is 0 Å². The fourth-order valence-electron chi connectivity index (χ4n) is 3.59. The molecule has 2 nitrogen and oxygen atoms in total. The normalized spacial score (nSPS) is 35.5. The van der Waals surface area contributed by atoms with Crippen LogP contribution in [-0.2, 0) is 4.74 Å². The van der Waals surface area contributed by atoms with Gasteiger partial charge in [0.1, 0.15) is 0 Å². The lowest BCUT2D eigenvalue weighted by atomic mass is 9.80. The van der Waals surface area contributed by atoms with E-state index in [2.05, 4.69) is 12.2 Å². The van der Waals surface area contributed by atoms with E-state index >= 15 is 0 Å². The maximum atomic E-state index is 5.70. The molecule has 1 aliphatic carbocycles. The second kappa shape index (κ2) is 7.38. The lowest BCUT2D eigenvalue weighted by Gasteiger charge is -2.35. The van der Waals surface area contributed by atoms with Gasteiger partial charge in [-0.05, 0) is 50.5 Å². The molecule has 0 bridgehead atoms. The van der Waals surface area contributed by atoms with Crippen molar-refractivity contribution in [2.75, 3.05) is 19.8 Å². The third kappa shape index (κ3) is 3.96. The van der Waals surface area contributed by atoms with Crippen molar-refractivity contribution in [3.05, 3.63) is 0 Å². The van der Waals surface area contributed by atoms with Gasteiger partial charge in [-0.3, -0.25) is 0 Å². The molecule has 1 saturated heterocycles. The molecule has 1 saturated carbocycles. The average Bonchev–Trinajstić information content (AvgIpc) is 2.62. The van der Waals surface area contributed by atoms with Crippen LogP contribution in [0, 0.1) is 11.8 Å². The van der Waals surface area contributed by atoms with Crippen molar-refractivity contribution < 1.29 is 4.74 Å². The molecule has 0 aromatic rings. The summed E-state index contributed by atoms with van der Waals surface area (Å²) in [4.78, 5) is 0. The Hall–Kier alpha value is -0.0800. The van der Waals surface area contributed by atoms with Crippen molar-refractivity contribution >= 4 is 0 Å². The van der Waals surface area contributed by atoms with Crippen molar-refractivity contribution in [2.24, 2.45) is 11.8 Å². The molecule has 17 heavy (non-hydrogen) atoms. The van der Waals surface area contributed by atoms with Crippen LogP contribution in [0.25, 0.3) is 0 Å². The van der Waals surface area contributed by atoms with E-state index in [0.717, 1.165) is 31.1 Å². The highest BCUT2D eigenvalue weighted by atomic mass is 16.5. The first-order valence-electron chi connectivity index (χ1n) is 7.73. The van der Waals surface area contributed by atoms with Gasteiger partial charge in [0.05, 0.1) is 0 Å². The fourth-order valence-corrected chi connectivity index (χ4v) is 3.59. The first-order chi connectivity index (χ1) is 8.42. The Labute approximate surface area is 107 Å². The minimum atomic E-state index is 0.768. The molecule has 100 valence electrons. The highest BCUT2D eigenvalue weighted by Gasteiger charge is 2.31. The van der Waals surface area contributed by atoms with Crippen LogP contribution in [0.15, 0.2) is 0 Å². The van der Waals surface area contributed by atoms with Gasteiger partial charge in [-0.25, -0.2) is 0 Å². The molecule has 2 heteroatoms. The van der Waals surface area contributed by atoms with Gasteiger partial charge >= 0.3 is 0 Å². The van der Waals surface area contributed by atoms with Crippen LogP contribution in [0.3, 0.4) is 0 Å². The molecule has 2 rings (SSSR count). The van der Waals surface area contributed by atoms with E-state index in [-0.39, 0.29) is 0 Å². The zero-order valence-corrected chi connectivity index (χ0v) is 11.4. The van der Waals surface area contributed by atoms with Crippen molar-refractivity contribution in [3.63, 3.8) is 0 Å². The molecule has 0 amide bonds.